The molecule has 1 aromatic carbocycles. The van der Waals surface area contributed by atoms with Gasteiger partial charge in [-0.1, -0.05) is 29.5 Å². The highest BCUT2D eigenvalue weighted by molar-refractivity contribution is 5.60. The maximum Gasteiger partial charge on any atom is 0.376 e. The van der Waals surface area contributed by atoms with E-state index in [1.807, 2.05) is 30.3 Å². The van der Waals surface area contributed by atoms with Gasteiger partial charge in [0.1, 0.15) is 11.3 Å². The first kappa shape index (κ1) is 17.3. The Kier molecular flexibility index (Phi) is 4.28. The van der Waals surface area contributed by atoms with Crippen LogP contribution in [0.25, 0.3) is 11.3 Å². The third-order valence-corrected chi connectivity index (χ3v) is 4.22. The molecular formula is C18H15N7O3. The first-order valence-corrected chi connectivity index (χ1v) is 8.44. The van der Waals surface area contributed by atoms with Crippen molar-refractivity contribution in [3.8, 4) is 5.69 Å². The summed E-state index contributed by atoms with van der Waals surface area (Å²) in [6, 6.07) is 13.9. The zero-order valence-electron chi connectivity index (χ0n) is 14.8. The molecule has 0 fully saturated rings. The molecule has 28 heavy (non-hydrogen) atoms. The highest BCUT2D eigenvalue weighted by Gasteiger charge is 2.25. The topological polar surface area (TPSA) is 120 Å². The minimum Gasteiger partial charge on any atom is -0.356 e. The Morgan fingerprint density at radius 2 is 1.89 bits per heavy atom. The lowest BCUT2D eigenvalue weighted by atomic mass is 10.2. The van der Waals surface area contributed by atoms with Crippen molar-refractivity contribution < 1.29 is 4.92 Å². The van der Waals surface area contributed by atoms with E-state index in [-0.39, 0.29) is 5.82 Å². The van der Waals surface area contributed by atoms with E-state index >= 15 is 0 Å². The minimum absolute atomic E-state index is 0.108. The summed E-state index contributed by atoms with van der Waals surface area (Å²) in [5.74, 6) is -0.108. The van der Waals surface area contributed by atoms with E-state index in [1.54, 1.807) is 36.0 Å². The zero-order valence-corrected chi connectivity index (χ0v) is 14.8. The first-order valence-electron chi connectivity index (χ1n) is 8.44. The van der Waals surface area contributed by atoms with Crippen LogP contribution in [0.3, 0.4) is 0 Å². The molecule has 1 atom stereocenters. The maximum absolute atomic E-state index is 12.5. The molecule has 0 aliphatic heterocycles. The van der Waals surface area contributed by atoms with Crippen LogP contribution >= 0.6 is 0 Å². The highest BCUT2D eigenvalue weighted by Crippen LogP contribution is 2.23. The average Bonchev–Trinajstić information content (AvgIpc) is 3.19. The van der Waals surface area contributed by atoms with Gasteiger partial charge in [0.2, 0.25) is 5.82 Å². The number of benzene rings is 1. The van der Waals surface area contributed by atoms with Crippen LogP contribution in [0.4, 0.5) is 11.5 Å². The van der Waals surface area contributed by atoms with Crippen LogP contribution < -0.4 is 10.9 Å². The number of anilines is 1. The number of pyridine rings is 1. The lowest BCUT2D eigenvalue weighted by molar-refractivity contribution is -0.385. The monoisotopic (exact) mass is 377 g/mol. The third-order valence-electron chi connectivity index (χ3n) is 4.22. The van der Waals surface area contributed by atoms with E-state index in [4.69, 9.17) is 0 Å². The summed E-state index contributed by atoms with van der Waals surface area (Å²) in [5, 5.41) is 22.6. The molecule has 4 rings (SSSR count). The van der Waals surface area contributed by atoms with Crippen LogP contribution in [-0.4, -0.2) is 29.3 Å². The molecule has 10 heteroatoms. The normalized spacial score (nSPS) is 12.0. The third kappa shape index (κ3) is 3.07. The Bertz CT molecular complexity index is 1220. The maximum atomic E-state index is 12.5. The van der Waals surface area contributed by atoms with E-state index in [0.717, 1.165) is 10.1 Å². The van der Waals surface area contributed by atoms with Crippen LogP contribution in [0.5, 0.6) is 0 Å². The Balaban J connectivity index is 1.70. The Hall–Kier alpha value is -4.08. The molecule has 0 amide bonds. The minimum atomic E-state index is -0.752. The molecule has 10 nitrogen and oxygen atoms in total. The Morgan fingerprint density at radius 1 is 1.14 bits per heavy atom. The number of nitrogens with one attached hydrogen (secondary N) is 1. The predicted molar refractivity (Wildman–Crippen MR) is 102 cm³/mol. The quantitative estimate of drug-likeness (QED) is 0.419. The van der Waals surface area contributed by atoms with Gasteiger partial charge in [-0.25, -0.2) is 9.67 Å². The van der Waals surface area contributed by atoms with Crippen LogP contribution in [-0.2, 0) is 0 Å². The molecule has 3 aromatic heterocycles. The van der Waals surface area contributed by atoms with Gasteiger partial charge in [0, 0.05) is 6.20 Å². The smallest absolute Gasteiger partial charge is 0.356 e. The van der Waals surface area contributed by atoms with Gasteiger partial charge in [-0.3, -0.25) is 19.3 Å². The Labute approximate surface area is 158 Å². The second-order valence-electron chi connectivity index (χ2n) is 6.09. The summed E-state index contributed by atoms with van der Waals surface area (Å²) < 4.78 is 2.74. The SMILES string of the molecule is CC(Nc1nc2ccccn2c(=O)c1[N+](=O)[O-])c1cn(-c2ccccc2)nn1. The second kappa shape index (κ2) is 6.91. The summed E-state index contributed by atoms with van der Waals surface area (Å²) in [6.07, 6.45) is 3.16. The van der Waals surface area contributed by atoms with Crippen molar-refractivity contribution in [3.05, 3.63) is 87.1 Å². The van der Waals surface area contributed by atoms with Crippen LogP contribution in [0.1, 0.15) is 18.7 Å². The highest BCUT2D eigenvalue weighted by atomic mass is 16.6. The van der Waals surface area contributed by atoms with Gasteiger partial charge in [0.25, 0.3) is 0 Å². The summed E-state index contributed by atoms with van der Waals surface area (Å²) in [6.45, 7) is 1.76. The molecule has 0 aliphatic rings. The lowest BCUT2D eigenvalue weighted by Gasteiger charge is -2.12. The zero-order chi connectivity index (χ0) is 19.7. The van der Waals surface area contributed by atoms with E-state index in [1.165, 1.54) is 6.20 Å². The van der Waals surface area contributed by atoms with Crippen molar-refractivity contribution in [3.63, 3.8) is 0 Å². The van der Waals surface area contributed by atoms with Crippen molar-refractivity contribution in [1.29, 1.82) is 0 Å². The number of hydrogen-bond acceptors (Lipinski definition) is 7. The van der Waals surface area contributed by atoms with Crippen molar-refractivity contribution in [2.24, 2.45) is 0 Å². The number of nitrogens with zero attached hydrogens (tertiary/aromatic N) is 6. The van der Waals surface area contributed by atoms with Crippen molar-refractivity contribution in [2.45, 2.75) is 13.0 Å². The fourth-order valence-electron chi connectivity index (χ4n) is 2.81. The van der Waals surface area contributed by atoms with Crippen molar-refractivity contribution in [2.75, 3.05) is 5.32 Å². The van der Waals surface area contributed by atoms with Crippen molar-refractivity contribution >= 4 is 17.2 Å². The summed E-state index contributed by atoms with van der Waals surface area (Å²) in [7, 11) is 0. The fourth-order valence-corrected chi connectivity index (χ4v) is 2.81. The summed E-state index contributed by atoms with van der Waals surface area (Å²) in [4.78, 5) is 27.5. The van der Waals surface area contributed by atoms with Gasteiger partial charge in [-0.15, -0.1) is 5.10 Å². The van der Waals surface area contributed by atoms with Crippen molar-refractivity contribution in [1.82, 2.24) is 24.4 Å². The molecule has 0 spiro atoms. The van der Waals surface area contributed by atoms with Gasteiger partial charge in [-0.2, -0.15) is 0 Å². The molecule has 0 saturated heterocycles. The molecule has 1 unspecified atom stereocenters. The lowest BCUT2D eigenvalue weighted by Crippen LogP contribution is -2.22. The molecule has 0 radical (unpaired) electrons. The van der Waals surface area contributed by atoms with E-state index in [2.05, 4.69) is 20.6 Å². The number of para-hydroxylation sites is 1. The van der Waals surface area contributed by atoms with Gasteiger partial charge in [-0.05, 0) is 31.2 Å². The number of rotatable bonds is 5. The average molecular weight is 377 g/mol. The number of nitro groups is 1. The first-order chi connectivity index (χ1) is 13.5. The van der Waals surface area contributed by atoms with E-state index in [9.17, 15) is 14.9 Å². The molecule has 140 valence electrons. The number of fused-ring (bicyclic) bond motifs is 1. The Morgan fingerprint density at radius 3 is 2.64 bits per heavy atom. The van der Waals surface area contributed by atoms with Crippen LogP contribution in [0, 0.1) is 10.1 Å². The molecule has 0 saturated carbocycles. The molecule has 0 bridgehead atoms. The van der Waals surface area contributed by atoms with Gasteiger partial charge >= 0.3 is 11.2 Å². The summed E-state index contributed by atoms with van der Waals surface area (Å²) >= 11 is 0. The van der Waals surface area contributed by atoms with E-state index in [0.29, 0.717) is 11.3 Å². The van der Waals surface area contributed by atoms with Gasteiger partial charge < -0.3 is 5.32 Å². The molecular weight excluding hydrogens is 362 g/mol. The van der Waals surface area contributed by atoms with Gasteiger partial charge in [0.05, 0.1) is 22.8 Å². The van der Waals surface area contributed by atoms with E-state index < -0.39 is 22.2 Å². The summed E-state index contributed by atoms with van der Waals surface area (Å²) in [5.41, 5.74) is 0.319. The van der Waals surface area contributed by atoms with Crippen LogP contribution in [0.2, 0.25) is 0 Å². The second-order valence-corrected chi connectivity index (χ2v) is 6.09. The molecule has 3 heterocycles. The van der Waals surface area contributed by atoms with Crippen LogP contribution in [0.15, 0.2) is 65.7 Å². The standard InChI is InChI=1S/C18H15N7O3/c1-12(14-11-24(22-21-14)13-7-3-2-4-8-13)19-17-16(25(27)28)18(26)23-10-6-5-9-15(23)20-17/h2-12,19H,1H3. The number of aromatic nitrogens is 5. The largest absolute Gasteiger partial charge is 0.376 e. The van der Waals surface area contributed by atoms with Gasteiger partial charge in [0.15, 0.2) is 0 Å². The molecule has 0 aliphatic carbocycles. The predicted octanol–water partition coefficient (Wildman–Crippen LogP) is 2.36. The fraction of sp³-hybridized carbons (Fsp3) is 0.111. The molecule has 1 N–H and O–H groups in total. The number of hydrogen-bond donors (Lipinski definition) is 1. The molecule has 4 aromatic rings.